The number of rotatable bonds is 6. The van der Waals surface area contributed by atoms with Crippen LogP contribution in [0.5, 0.6) is 0 Å². The number of benzene rings is 2. The van der Waals surface area contributed by atoms with Crippen molar-refractivity contribution in [3.63, 3.8) is 0 Å². The van der Waals surface area contributed by atoms with Crippen molar-refractivity contribution in [1.29, 1.82) is 0 Å². The first-order valence-electron chi connectivity index (χ1n) is 6.47. The Hall–Kier alpha value is -3.42. The van der Waals surface area contributed by atoms with Gasteiger partial charge >= 0.3 is 11.9 Å². The maximum Gasteiger partial charge on any atom is 0.337 e. The van der Waals surface area contributed by atoms with Gasteiger partial charge in [0, 0.05) is 6.07 Å². The van der Waals surface area contributed by atoms with Crippen molar-refractivity contribution in [2.45, 2.75) is 6.42 Å². The van der Waals surface area contributed by atoms with Crippen LogP contribution in [0.4, 0.5) is 17.1 Å². The van der Waals surface area contributed by atoms with E-state index in [0.717, 1.165) is 6.07 Å². The number of nitro groups is 1. The number of para-hydroxylation sites is 1. The molecule has 0 aliphatic carbocycles. The lowest BCUT2D eigenvalue weighted by Crippen LogP contribution is -2.05. The van der Waals surface area contributed by atoms with Crippen LogP contribution in [0.3, 0.4) is 0 Å². The van der Waals surface area contributed by atoms with Crippen LogP contribution in [0.15, 0.2) is 42.5 Å². The van der Waals surface area contributed by atoms with E-state index in [9.17, 15) is 19.7 Å². The zero-order valence-electron chi connectivity index (χ0n) is 11.7. The summed E-state index contributed by atoms with van der Waals surface area (Å²) in [6.07, 6.45) is -0.340. The number of aromatic carboxylic acids is 1. The highest BCUT2D eigenvalue weighted by atomic mass is 16.6. The Balaban J connectivity index is 2.42. The zero-order valence-corrected chi connectivity index (χ0v) is 11.7. The van der Waals surface area contributed by atoms with E-state index in [1.165, 1.54) is 24.3 Å². The van der Waals surface area contributed by atoms with Crippen molar-refractivity contribution >= 4 is 29.0 Å². The Morgan fingerprint density at radius 2 is 1.78 bits per heavy atom. The number of aliphatic carboxylic acids is 1. The smallest absolute Gasteiger partial charge is 0.337 e. The van der Waals surface area contributed by atoms with E-state index in [0.29, 0.717) is 0 Å². The average molecular weight is 316 g/mol. The molecule has 0 amide bonds. The number of nitrogens with one attached hydrogen (secondary N) is 1. The summed E-state index contributed by atoms with van der Waals surface area (Å²) in [5.41, 5.74) is 0.202. The van der Waals surface area contributed by atoms with Gasteiger partial charge in [-0.3, -0.25) is 14.9 Å². The van der Waals surface area contributed by atoms with Gasteiger partial charge in [-0.2, -0.15) is 0 Å². The van der Waals surface area contributed by atoms with Crippen molar-refractivity contribution in [2.24, 2.45) is 0 Å². The molecule has 2 rings (SSSR count). The molecule has 0 spiro atoms. The van der Waals surface area contributed by atoms with Gasteiger partial charge in [-0.25, -0.2) is 4.79 Å². The molecule has 8 heteroatoms. The third-order valence-electron chi connectivity index (χ3n) is 3.04. The summed E-state index contributed by atoms with van der Waals surface area (Å²) in [6.45, 7) is 0. The fourth-order valence-corrected chi connectivity index (χ4v) is 2.04. The van der Waals surface area contributed by atoms with Crippen LogP contribution in [0, 0.1) is 10.1 Å². The molecule has 2 aromatic carbocycles. The van der Waals surface area contributed by atoms with Crippen LogP contribution in [0.1, 0.15) is 15.9 Å². The first kappa shape index (κ1) is 16.0. The molecule has 0 unspecified atom stereocenters. The van der Waals surface area contributed by atoms with E-state index >= 15 is 0 Å². The molecule has 0 aromatic heterocycles. The molecule has 3 N–H and O–H groups in total. The summed E-state index contributed by atoms with van der Waals surface area (Å²) >= 11 is 0. The van der Waals surface area contributed by atoms with Crippen molar-refractivity contribution in [3.05, 3.63) is 63.7 Å². The second kappa shape index (κ2) is 6.56. The molecule has 0 heterocycles. The number of nitrogens with zero attached hydrogens (tertiary/aromatic N) is 1. The summed E-state index contributed by atoms with van der Waals surface area (Å²) in [4.78, 5) is 32.4. The topological polar surface area (TPSA) is 130 Å². The molecule has 0 saturated carbocycles. The van der Waals surface area contributed by atoms with Crippen LogP contribution in [-0.4, -0.2) is 27.1 Å². The van der Waals surface area contributed by atoms with Gasteiger partial charge in [0.2, 0.25) is 0 Å². The van der Waals surface area contributed by atoms with Gasteiger partial charge in [-0.05, 0) is 23.8 Å². The molecule has 0 saturated heterocycles. The lowest BCUT2D eigenvalue weighted by atomic mass is 10.1. The third kappa shape index (κ3) is 3.82. The molecule has 0 radical (unpaired) electrons. The normalized spacial score (nSPS) is 10.1. The van der Waals surface area contributed by atoms with Crippen LogP contribution in [0.2, 0.25) is 0 Å². The molecule has 0 aliphatic heterocycles. The monoisotopic (exact) mass is 316 g/mol. The maximum atomic E-state index is 11.2. The Kier molecular flexibility index (Phi) is 4.55. The van der Waals surface area contributed by atoms with Crippen LogP contribution in [0.25, 0.3) is 0 Å². The second-order valence-corrected chi connectivity index (χ2v) is 4.65. The fraction of sp³-hybridized carbons (Fsp3) is 0.0667. The predicted molar refractivity (Wildman–Crippen MR) is 81.1 cm³/mol. The van der Waals surface area contributed by atoms with E-state index in [4.69, 9.17) is 10.2 Å². The Labute approximate surface area is 130 Å². The van der Waals surface area contributed by atoms with Crippen molar-refractivity contribution in [1.82, 2.24) is 0 Å². The number of carboxylic acid groups (broad SMARTS) is 2. The van der Waals surface area contributed by atoms with Gasteiger partial charge in [0.25, 0.3) is 5.69 Å². The Bertz CT molecular complexity index is 787. The van der Waals surface area contributed by atoms with Crippen LogP contribution >= 0.6 is 0 Å². The van der Waals surface area contributed by atoms with E-state index in [1.54, 1.807) is 12.1 Å². The van der Waals surface area contributed by atoms with Crippen molar-refractivity contribution in [3.8, 4) is 0 Å². The molecule has 23 heavy (non-hydrogen) atoms. The highest BCUT2D eigenvalue weighted by molar-refractivity contribution is 5.95. The SMILES string of the molecule is O=C(O)Cc1ccc(Nc2ccccc2C(=O)O)c([N+](=O)[O-])c1. The fourth-order valence-electron chi connectivity index (χ4n) is 2.04. The largest absolute Gasteiger partial charge is 0.481 e. The summed E-state index contributed by atoms with van der Waals surface area (Å²) in [7, 11) is 0. The summed E-state index contributed by atoms with van der Waals surface area (Å²) < 4.78 is 0. The number of hydrogen-bond donors (Lipinski definition) is 3. The van der Waals surface area contributed by atoms with Gasteiger partial charge in [-0.1, -0.05) is 18.2 Å². The number of carboxylic acids is 2. The predicted octanol–water partition coefficient (Wildman–Crippen LogP) is 2.66. The van der Waals surface area contributed by atoms with Gasteiger partial charge in [-0.15, -0.1) is 0 Å². The Morgan fingerprint density at radius 3 is 2.39 bits per heavy atom. The highest BCUT2D eigenvalue weighted by Gasteiger charge is 2.18. The van der Waals surface area contributed by atoms with E-state index in [1.807, 2.05) is 0 Å². The molecule has 2 aromatic rings. The second-order valence-electron chi connectivity index (χ2n) is 4.65. The molecule has 0 atom stereocenters. The molecule has 0 bridgehead atoms. The molecule has 118 valence electrons. The third-order valence-corrected chi connectivity index (χ3v) is 3.04. The first-order valence-corrected chi connectivity index (χ1v) is 6.47. The molecular formula is C15H12N2O6. The summed E-state index contributed by atoms with van der Waals surface area (Å²) in [6, 6.07) is 9.94. The molecular weight excluding hydrogens is 304 g/mol. The first-order chi connectivity index (χ1) is 10.9. The van der Waals surface area contributed by atoms with Gasteiger partial charge < -0.3 is 15.5 Å². The van der Waals surface area contributed by atoms with Crippen molar-refractivity contribution in [2.75, 3.05) is 5.32 Å². The quantitative estimate of drug-likeness (QED) is 0.551. The minimum Gasteiger partial charge on any atom is -0.481 e. The number of hydrogen-bond acceptors (Lipinski definition) is 5. The number of carbonyl (C=O) groups is 2. The highest BCUT2D eigenvalue weighted by Crippen LogP contribution is 2.30. The van der Waals surface area contributed by atoms with E-state index in [2.05, 4.69) is 5.32 Å². The van der Waals surface area contributed by atoms with Gasteiger partial charge in [0.15, 0.2) is 0 Å². The minimum atomic E-state index is -1.17. The lowest BCUT2D eigenvalue weighted by molar-refractivity contribution is -0.384. The minimum absolute atomic E-state index is 0.0311. The molecule has 0 fully saturated rings. The van der Waals surface area contributed by atoms with Crippen LogP contribution < -0.4 is 5.32 Å². The number of anilines is 2. The number of nitro benzene ring substituents is 1. The average Bonchev–Trinajstić information content (AvgIpc) is 2.48. The van der Waals surface area contributed by atoms with Gasteiger partial charge in [0.1, 0.15) is 5.69 Å². The molecule has 8 nitrogen and oxygen atoms in total. The molecule has 0 aliphatic rings. The van der Waals surface area contributed by atoms with Gasteiger partial charge in [0.05, 0.1) is 22.6 Å². The Morgan fingerprint density at radius 1 is 1.09 bits per heavy atom. The summed E-state index contributed by atoms with van der Waals surface area (Å²) in [5.74, 6) is -2.27. The van der Waals surface area contributed by atoms with Crippen molar-refractivity contribution < 1.29 is 24.7 Å². The van der Waals surface area contributed by atoms with E-state index < -0.39 is 16.9 Å². The van der Waals surface area contributed by atoms with E-state index in [-0.39, 0.29) is 34.6 Å². The summed E-state index contributed by atoms with van der Waals surface area (Å²) in [5, 5.41) is 31.8. The maximum absolute atomic E-state index is 11.2. The zero-order chi connectivity index (χ0) is 17.0. The standard InChI is InChI=1S/C15H12N2O6/c18-14(19)8-9-5-6-12(13(7-9)17(22)23)16-11-4-2-1-3-10(11)15(20)21/h1-7,16H,8H2,(H,18,19)(H,20,21). The lowest BCUT2D eigenvalue weighted by Gasteiger charge is -2.10. The van der Waals surface area contributed by atoms with Crippen LogP contribution in [-0.2, 0) is 11.2 Å².